The van der Waals surface area contributed by atoms with E-state index in [4.69, 9.17) is 5.73 Å². The Morgan fingerprint density at radius 1 is 1.11 bits per heavy atom. The summed E-state index contributed by atoms with van der Waals surface area (Å²) in [4.78, 5) is 29.1. The van der Waals surface area contributed by atoms with Gasteiger partial charge < -0.3 is 16.0 Å². The van der Waals surface area contributed by atoms with Crippen LogP contribution in [0.4, 0.5) is 0 Å². The normalized spacial score (nSPS) is 23.0. The van der Waals surface area contributed by atoms with Gasteiger partial charge in [-0.05, 0) is 36.8 Å². The van der Waals surface area contributed by atoms with E-state index in [0.29, 0.717) is 25.2 Å². The Morgan fingerprint density at radius 2 is 1.75 bits per heavy atom. The van der Waals surface area contributed by atoms with Crippen LogP contribution < -0.4 is 11.1 Å². The Hall–Kier alpha value is -1.63. The molecule has 1 unspecified atom stereocenters. The molecular weight excluding hydrogens is 376 g/mol. The van der Waals surface area contributed by atoms with Crippen molar-refractivity contribution < 1.29 is 9.59 Å². The number of nitrogens with one attached hydrogen (secondary N) is 1. The molecule has 0 aliphatic carbocycles. The number of nitrogens with two attached hydrogens (primary N) is 1. The summed E-state index contributed by atoms with van der Waals surface area (Å²) in [5, 5.41) is 3.09. The molecule has 0 radical (unpaired) electrons. The Morgan fingerprint density at radius 3 is 2.36 bits per heavy atom. The van der Waals surface area contributed by atoms with Crippen molar-refractivity contribution in [3.05, 3.63) is 35.9 Å². The molecule has 0 aromatic heterocycles. The van der Waals surface area contributed by atoms with Gasteiger partial charge in [0.25, 0.3) is 5.91 Å². The lowest BCUT2D eigenvalue weighted by Crippen LogP contribution is -2.55. The number of piperidine rings is 2. The first-order chi connectivity index (χ1) is 12.8. The molecule has 1 aromatic rings. The highest BCUT2D eigenvalue weighted by Crippen LogP contribution is 2.27. The van der Waals surface area contributed by atoms with Crippen molar-refractivity contribution >= 4 is 24.2 Å². The molecule has 6 nitrogen and oxygen atoms in total. The largest absolute Gasteiger partial charge is 0.349 e. The lowest BCUT2D eigenvalue weighted by molar-refractivity contribution is -0.134. The van der Waals surface area contributed by atoms with Crippen LogP contribution in [-0.4, -0.2) is 66.4 Å². The fourth-order valence-electron chi connectivity index (χ4n) is 4.04. The molecule has 2 heterocycles. The molecule has 3 N–H and O–H groups in total. The summed E-state index contributed by atoms with van der Waals surface area (Å²) in [7, 11) is 0. The molecule has 7 heteroatoms. The van der Waals surface area contributed by atoms with E-state index in [1.807, 2.05) is 35.2 Å². The van der Waals surface area contributed by atoms with Crippen LogP contribution in [-0.2, 0) is 4.79 Å². The fraction of sp³-hybridized carbons (Fsp3) is 0.619. The van der Waals surface area contributed by atoms with Crippen LogP contribution in [0.1, 0.15) is 43.5 Å². The van der Waals surface area contributed by atoms with Crippen LogP contribution in [0.25, 0.3) is 0 Å². The van der Waals surface area contributed by atoms with Crippen LogP contribution >= 0.6 is 12.4 Å². The second kappa shape index (κ2) is 9.72. The van der Waals surface area contributed by atoms with Crippen LogP contribution in [0.3, 0.4) is 0 Å². The summed E-state index contributed by atoms with van der Waals surface area (Å²) in [5.41, 5.74) is 6.92. The molecule has 2 fully saturated rings. The Kier molecular flexibility index (Phi) is 7.87. The standard InChI is InChI=1S/C21H32N4O2.ClH/c1-21(2)15-24(11-10-18(21)22)14-19(26)25-12-8-17(9-13-25)23-20(27)16-6-4-3-5-7-16;/h3-7,17-18H,8-15,22H2,1-2H3,(H,23,27);1H. The van der Waals surface area contributed by atoms with Gasteiger partial charge in [0.15, 0.2) is 0 Å². The number of benzene rings is 1. The molecule has 2 aliphatic rings. The molecule has 0 spiro atoms. The van der Waals surface area contributed by atoms with Crippen molar-refractivity contribution in [1.29, 1.82) is 0 Å². The zero-order valence-electron chi connectivity index (χ0n) is 16.9. The highest BCUT2D eigenvalue weighted by molar-refractivity contribution is 5.94. The predicted molar refractivity (Wildman–Crippen MR) is 114 cm³/mol. The average molecular weight is 409 g/mol. The van der Waals surface area contributed by atoms with Crippen LogP contribution in [0, 0.1) is 5.41 Å². The van der Waals surface area contributed by atoms with E-state index < -0.39 is 0 Å². The zero-order valence-corrected chi connectivity index (χ0v) is 17.7. The monoisotopic (exact) mass is 408 g/mol. The van der Waals surface area contributed by atoms with Crippen molar-refractivity contribution in [3.63, 3.8) is 0 Å². The summed E-state index contributed by atoms with van der Waals surface area (Å²) in [6.45, 7) is 7.98. The number of rotatable bonds is 4. The van der Waals surface area contributed by atoms with Gasteiger partial charge in [-0.2, -0.15) is 0 Å². The van der Waals surface area contributed by atoms with E-state index in [2.05, 4.69) is 24.1 Å². The highest BCUT2D eigenvalue weighted by atomic mass is 35.5. The lowest BCUT2D eigenvalue weighted by atomic mass is 9.80. The number of carbonyl (C=O) groups is 2. The second-order valence-corrected chi connectivity index (χ2v) is 8.59. The molecule has 156 valence electrons. The van der Waals surface area contributed by atoms with Crippen LogP contribution in [0.15, 0.2) is 30.3 Å². The van der Waals surface area contributed by atoms with Gasteiger partial charge in [-0.3, -0.25) is 14.5 Å². The minimum Gasteiger partial charge on any atom is -0.349 e. The number of halogens is 1. The zero-order chi connectivity index (χ0) is 19.4. The number of hydrogen-bond acceptors (Lipinski definition) is 4. The van der Waals surface area contributed by atoms with E-state index in [1.165, 1.54) is 0 Å². The molecule has 2 saturated heterocycles. The first-order valence-electron chi connectivity index (χ1n) is 9.97. The molecule has 2 aliphatic heterocycles. The summed E-state index contributed by atoms with van der Waals surface area (Å²) in [6, 6.07) is 9.61. The third-order valence-electron chi connectivity index (χ3n) is 5.97. The van der Waals surface area contributed by atoms with E-state index in [9.17, 15) is 9.59 Å². The first-order valence-corrected chi connectivity index (χ1v) is 9.97. The molecular formula is C21H33ClN4O2. The maximum Gasteiger partial charge on any atom is 0.251 e. The first kappa shape index (κ1) is 22.7. The van der Waals surface area contributed by atoms with Crippen molar-refractivity contribution in [2.24, 2.45) is 11.1 Å². The third-order valence-corrected chi connectivity index (χ3v) is 5.97. The number of carbonyl (C=O) groups excluding carboxylic acids is 2. The van der Waals surface area contributed by atoms with Gasteiger partial charge in [0.2, 0.25) is 5.91 Å². The molecule has 0 saturated carbocycles. The molecule has 2 amide bonds. The topological polar surface area (TPSA) is 78.7 Å². The van der Waals surface area contributed by atoms with Gasteiger partial charge >= 0.3 is 0 Å². The second-order valence-electron chi connectivity index (χ2n) is 8.59. The van der Waals surface area contributed by atoms with Crippen LogP contribution in [0.2, 0.25) is 0 Å². The van der Waals surface area contributed by atoms with E-state index in [0.717, 1.165) is 32.4 Å². The van der Waals surface area contributed by atoms with E-state index >= 15 is 0 Å². The number of hydrogen-bond donors (Lipinski definition) is 2. The maximum absolute atomic E-state index is 12.7. The van der Waals surface area contributed by atoms with Gasteiger partial charge in [-0.25, -0.2) is 0 Å². The molecule has 1 aromatic carbocycles. The maximum atomic E-state index is 12.7. The van der Waals surface area contributed by atoms with E-state index in [1.54, 1.807) is 0 Å². The van der Waals surface area contributed by atoms with Gasteiger partial charge in [-0.15, -0.1) is 12.4 Å². The fourth-order valence-corrected chi connectivity index (χ4v) is 4.04. The summed E-state index contributed by atoms with van der Waals surface area (Å²) < 4.78 is 0. The molecule has 0 bridgehead atoms. The predicted octanol–water partition coefficient (Wildman–Crippen LogP) is 1.89. The van der Waals surface area contributed by atoms with Crippen molar-refractivity contribution in [2.75, 3.05) is 32.7 Å². The number of likely N-dealkylation sites (tertiary alicyclic amines) is 2. The minimum atomic E-state index is -0.0349. The van der Waals surface area contributed by atoms with Crippen LogP contribution in [0.5, 0.6) is 0 Å². The Labute approximate surface area is 174 Å². The third kappa shape index (κ3) is 5.69. The summed E-state index contributed by atoms with van der Waals surface area (Å²) >= 11 is 0. The van der Waals surface area contributed by atoms with E-state index in [-0.39, 0.29) is 41.7 Å². The summed E-state index contributed by atoms with van der Waals surface area (Å²) in [6.07, 6.45) is 2.55. The van der Waals surface area contributed by atoms with Gasteiger partial charge in [0.05, 0.1) is 6.54 Å². The quantitative estimate of drug-likeness (QED) is 0.797. The SMILES string of the molecule is CC1(C)CN(CC(=O)N2CCC(NC(=O)c3ccccc3)CC2)CCC1N.Cl. The van der Waals surface area contributed by atoms with Crippen molar-refractivity contribution in [2.45, 2.75) is 45.2 Å². The molecule has 28 heavy (non-hydrogen) atoms. The number of nitrogens with zero attached hydrogens (tertiary/aromatic N) is 2. The number of amides is 2. The lowest BCUT2D eigenvalue weighted by Gasteiger charge is -2.43. The Bertz CT molecular complexity index is 660. The minimum absolute atomic E-state index is 0. The van der Waals surface area contributed by atoms with Gasteiger partial charge in [0, 0.05) is 43.8 Å². The van der Waals surface area contributed by atoms with Crippen molar-refractivity contribution in [3.8, 4) is 0 Å². The smallest absolute Gasteiger partial charge is 0.251 e. The average Bonchev–Trinajstić information content (AvgIpc) is 2.66. The van der Waals surface area contributed by atoms with Gasteiger partial charge in [-0.1, -0.05) is 32.0 Å². The molecule has 3 rings (SSSR count). The highest BCUT2D eigenvalue weighted by Gasteiger charge is 2.34. The van der Waals surface area contributed by atoms with Gasteiger partial charge in [0.1, 0.15) is 0 Å². The summed E-state index contributed by atoms with van der Waals surface area (Å²) in [5.74, 6) is 0.154. The Balaban J connectivity index is 0.00000280. The van der Waals surface area contributed by atoms with Crippen molar-refractivity contribution in [1.82, 2.24) is 15.1 Å². The molecule has 1 atom stereocenters.